The van der Waals surface area contributed by atoms with E-state index in [0.717, 1.165) is 6.20 Å². The molecule has 0 aromatic carbocycles. The number of carboxylic acids is 1. The summed E-state index contributed by atoms with van der Waals surface area (Å²) < 4.78 is 26.1. The highest BCUT2D eigenvalue weighted by molar-refractivity contribution is 5.91. The largest absolute Gasteiger partial charge is 0.477 e. The molecule has 0 saturated heterocycles. The van der Waals surface area contributed by atoms with Gasteiger partial charge in [-0.15, -0.1) is 0 Å². The van der Waals surface area contributed by atoms with Crippen molar-refractivity contribution >= 4 is 17.0 Å². The van der Waals surface area contributed by atoms with Crippen LogP contribution in [-0.4, -0.2) is 21.0 Å². The first-order chi connectivity index (χ1) is 7.52. The molecule has 0 aliphatic carbocycles. The number of carbonyl (C=O) groups is 1. The van der Waals surface area contributed by atoms with Gasteiger partial charge >= 0.3 is 5.97 Å². The number of aromatic carboxylic acids is 1. The van der Waals surface area contributed by atoms with Gasteiger partial charge in [-0.1, -0.05) is 0 Å². The van der Waals surface area contributed by atoms with Crippen molar-refractivity contribution in [2.45, 2.75) is 0 Å². The number of pyridine rings is 2. The number of H-pyrrole nitrogens is 1. The second-order valence-corrected chi connectivity index (χ2v) is 2.98. The molecule has 0 aliphatic heterocycles. The number of nitrogens with one attached hydrogen (secondary N) is 1. The molecule has 0 bridgehead atoms. The van der Waals surface area contributed by atoms with Crippen molar-refractivity contribution in [3.63, 3.8) is 0 Å². The molecular formula is C9H4F2N2O3. The van der Waals surface area contributed by atoms with Crippen molar-refractivity contribution in [1.82, 2.24) is 9.97 Å². The van der Waals surface area contributed by atoms with E-state index in [4.69, 9.17) is 5.11 Å². The lowest BCUT2D eigenvalue weighted by molar-refractivity contribution is 0.0695. The Morgan fingerprint density at radius 1 is 1.44 bits per heavy atom. The number of rotatable bonds is 1. The Morgan fingerprint density at radius 2 is 2.12 bits per heavy atom. The number of aromatic nitrogens is 2. The van der Waals surface area contributed by atoms with Crippen LogP contribution >= 0.6 is 0 Å². The first-order valence-electron chi connectivity index (χ1n) is 4.11. The van der Waals surface area contributed by atoms with E-state index in [1.807, 2.05) is 0 Å². The summed E-state index contributed by atoms with van der Waals surface area (Å²) in [6.07, 6.45) is 1.49. The van der Waals surface area contributed by atoms with E-state index in [2.05, 4.69) is 9.97 Å². The maximum absolute atomic E-state index is 13.3. The Kier molecular flexibility index (Phi) is 2.15. The van der Waals surface area contributed by atoms with Crippen molar-refractivity contribution in [1.29, 1.82) is 0 Å². The summed E-state index contributed by atoms with van der Waals surface area (Å²) in [5, 5.41) is 7.93. The fraction of sp³-hybridized carbons (Fsp3) is 0. The van der Waals surface area contributed by atoms with E-state index in [9.17, 15) is 18.4 Å². The summed E-state index contributed by atoms with van der Waals surface area (Å²) in [6, 6.07) is 0. The van der Waals surface area contributed by atoms with Crippen molar-refractivity contribution in [2.75, 3.05) is 0 Å². The van der Waals surface area contributed by atoms with Crippen LogP contribution in [0.3, 0.4) is 0 Å². The minimum atomic E-state index is -1.52. The molecule has 0 saturated carbocycles. The minimum absolute atomic E-state index is 0.200. The highest BCUT2D eigenvalue weighted by atomic mass is 19.2. The van der Waals surface area contributed by atoms with Crippen LogP contribution in [-0.2, 0) is 0 Å². The van der Waals surface area contributed by atoms with Crippen molar-refractivity contribution in [2.24, 2.45) is 0 Å². The first kappa shape index (κ1) is 10.2. The molecule has 2 heterocycles. The predicted octanol–water partition coefficient (Wildman–Crippen LogP) is 0.899. The van der Waals surface area contributed by atoms with Crippen LogP contribution < -0.4 is 5.43 Å². The van der Waals surface area contributed by atoms with Gasteiger partial charge in [0.05, 0.1) is 6.20 Å². The van der Waals surface area contributed by atoms with Gasteiger partial charge < -0.3 is 10.1 Å². The summed E-state index contributed by atoms with van der Waals surface area (Å²) >= 11 is 0. The number of halogens is 2. The minimum Gasteiger partial charge on any atom is -0.477 e. The van der Waals surface area contributed by atoms with Crippen molar-refractivity contribution in [3.8, 4) is 0 Å². The predicted molar refractivity (Wildman–Crippen MR) is 49.2 cm³/mol. The van der Waals surface area contributed by atoms with Gasteiger partial charge in [0.15, 0.2) is 11.6 Å². The molecular weight excluding hydrogens is 222 g/mol. The molecule has 2 N–H and O–H groups in total. The Labute approximate surface area is 86.4 Å². The van der Waals surface area contributed by atoms with Gasteiger partial charge in [0, 0.05) is 6.20 Å². The van der Waals surface area contributed by atoms with E-state index in [0.29, 0.717) is 6.20 Å². The zero-order valence-corrected chi connectivity index (χ0v) is 7.62. The van der Waals surface area contributed by atoms with Crippen molar-refractivity contribution in [3.05, 3.63) is 39.8 Å². The zero-order valence-electron chi connectivity index (χ0n) is 7.62. The van der Waals surface area contributed by atoms with E-state index in [1.165, 1.54) is 0 Å². The molecule has 2 aromatic heterocycles. The molecule has 2 aromatic rings. The van der Waals surface area contributed by atoms with Gasteiger partial charge in [-0.05, 0) is 0 Å². The summed E-state index contributed by atoms with van der Waals surface area (Å²) in [6.45, 7) is 0. The van der Waals surface area contributed by atoms with Gasteiger partial charge in [0.2, 0.25) is 5.43 Å². The lowest BCUT2D eigenvalue weighted by atomic mass is 10.2. The molecule has 82 valence electrons. The van der Waals surface area contributed by atoms with Gasteiger partial charge in [-0.3, -0.25) is 4.79 Å². The highest BCUT2D eigenvalue weighted by Crippen LogP contribution is 2.13. The molecule has 0 amide bonds. The molecule has 0 atom stereocenters. The zero-order chi connectivity index (χ0) is 11.9. The van der Waals surface area contributed by atoms with E-state index < -0.39 is 34.0 Å². The lowest BCUT2D eigenvalue weighted by Crippen LogP contribution is -2.17. The molecule has 2 rings (SSSR count). The molecule has 0 radical (unpaired) electrons. The SMILES string of the molecule is O=C(O)c1c[nH]c2ncc(F)c(F)c2c1=O. The maximum Gasteiger partial charge on any atom is 0.341 e. The molecule has 0 aliphatic rings. The van der Waals surface area contributed by atoms with Crippen LogP contribution in [0.25, 0.3) is 11.0 Å². The third kappa shape index (κ3) is 1.33. The third-order valence-corrected chi connectivity index (χ3v) is 2.03. The van der Waals surface area contributed by atoms with Crippen LogP contribution in [0, 0.1) is 11.6 Å². The number of hydrogen-bond donors (Lipinski definition) is 2. The molecule has 0 fully saturated rings. The monoisotopic (exact) mass is 226 g/mol. The standard InChI is InChI=1S/C9H4F2N2O3/c10-4-2-13-8-5(6(4)11)7(14)3(1-12-8)9(15)16/h1-2H,(H,15,16)(H,12,13,14). The third-order valence-electron chi connectivity index (χ3n) is 2.03. The molecule has 16 heavy (non-hydrogen) atoms. The Bertz CT molecular complexity index is 651. The fourth-order valence-corrected chi connectivity index (χ4v) is 1.28. The fourth-order valence-electron chi connectivity index (χ4n) is 1.28. The number of nitrogens with zero attached hydrogens (tertiary/aromatic N) is 1. The van der Waals surface area contributed by atoms with Crippen LogP contribution in [0.4, 0.5) is 8.78 Å². The van der Waals surface area contributed by atoms with Gasteiger partial charge in [-0.2, -0.15) is 0 Å². The van der Waals surface area contributed by atoms with E-state index >= 15 is 0 Å². The summed E-state index contributed by atoms with van der Waals surface area (Å²) in [4.78, 5) is 27.9. The van der Waals surface area contributed by atoms with Crippen LogP contribution in [0.5, 0.6) is 0 Å². The van der Waals surface area contributed by atoms with Gasteiger partial charge in [-0.25, -0.2) is 18.6 Å². The summed E-state index contributed by atoms with van der Waals surface area (Å²) in [5.74, 6) is -4.23. The average molecular weight is 226 g/mol. The number of hydrogen-bond acceptors (Lipinski definition) is 3. The van der Waals surface area contributed by atoms with Crippen molar-refractivity contribution < 1.29 is 18.7 Å². The van der Waals surface area contributed by atoms with Crippen LogP contribution in [0.2, 0.25) is 0 Å². The lowest BCUT2D eigenvalue weighted by Gasteiger charge is -2.00. The second-order valence-electron chi connectivity index (χ2n) is 2.98. The quantitative estimate of drug-likeness (QED) is 0.756. The Morgan fingerprint density at radius 3 is 2.75 bits per heavy atom. The highest BCUT2D eigenvalue weighted by Gasteiger charge is 2.17. The summed E-state index contributed by atoms with van der Waals surface area (Å²) in [7, 11) is 0. The molecule has 5 nitrogen and oxygen atoms in total. The second kappa shape index (κ2) is 3.37. The number of fused-ring (bicyclic) bond motifs is 1. The summed E-state index contributed by atoms with van der Waals surface area (Å²) in [5.41, 5.74) is -1.97. The van der Waals surface area contributed by atoms with Crippen LogP contribution in [0.15, 0.2) is 17.2 Å². The smallest absolute Gasteiger partial charge is 0.341 e. The maximum atomic E-state index is 13.3. The average Bonchev–Trinajstić information content (AvgIpc) is 2.23. The molecule has 7 heteroatoms. The molecule has 0 unspecified atom stereocenters. The van der Waals surface area contributed by atoms with Crippen LogP contribution in [0.1, 0.15) is 10.4 Å². The van der Waals surface area contributed by atoms with E-state index in [-0.39, 0.29) is 5.65 Å². The Hall–Kier alpha value is -2.31. The number of aromatic amines is 1. The first-order valence-corrected chi connectivity index (χ1v) is 4.11. The normalized spacial score (nSPS) is 10.6. The van der Waals surface area contributed by atoms with Gasteiger partial charge in [0.25, 0.3) is 0 Å². The van der Waals surface area contributed by atoms with E-state index in [1.54, 1.807) is 0 Å². The topological polar surface area (TPSA) is 83.0 Å². The number of carboxylic acid groups (broad SMARTS) is 1. The Balaban J connectivity index is 2.98. The molecule has 0 spiro atoms. The van der Waals surface area contributed by atoms with Gasteiger partial charge in [0.1, 0.15) is 16.6 Å².